The molecular weight excluding hydrogens is 363 g/mol. The van der Waals surface area contributed by atoms with E-state index < -0.39 is 11.9 Å². The van der Waals surface area contributed by atoms with Crippen molar-refractivity contribution in [3.63, 3.8) is 0 Å². The second kappa shape index (κ2) is 8.49. The Bertz CT molecular complexity index is 826. The van der Waals surface area contributed by atoms with Gasteiger partial charge in [0.25, 0.3) is 0 Å². The Kier molecular flexibility index (Phi) is 5.63. The van der Waals surface area contributed by atoms with Gasteiger partial charge in [-0.2, -0.15) is 4.98 Å². The molecule has 0 radical (unpaired) electrons. The van der Waals surface area contributed by atoms with E-state index in [2.05, 4.69) is 49.8 Å². The first-order valence-electron chi connectivity index (χ1n) is 9.40. The largest absolute Gasteiger partial charge is 0.447 e. The number of hydrogen-bond donors (Lipinski definition) is 2. The van der Waals surface area contributed by atoms with Crippen molar-refractivity contribution in [3.05, 3.63) is 47.4 Å². The number of anilines is 2. The summed E-state index contributed by atoms with van der Waals surface area (Å²) >= 11 is 0. The van der Waals surface area contributed by atoms with Crippen LogP contribution in [0.15, 0.2) is 30.5 Å². The predicted octanol–water partition coefficient (Wildman–Crippen LogP) is 1.59. The molecule has 1 aromatic heterocycles. The van der Waals surface area contributed by atoms with Crippen LogP contribution in [-0.2, 0) is 17.8 Å². The first kappa shape index (κ1) is 18.6. The first-order valence-corrected chi connectivity index (χ1v) is 9.40. The zero-order valence-corrected chi connectivity index (χ0v) is 15.5. The van der Waals surface area contributed by atoms with Gasteiger partial charge in [0, 0.05) is 39.3 Å². The van der Waals surface area contributed by atoms with Crippen molar-refractivity contribution in [3.8, 4) is 0 Å². The summed E-state index contributed by atoms with van der Waals surface area (Å²) < 4.78 is 18.8. The highest BCUT2D eigenvalue weighted by Gasteiger charge is 2.28. The second-order valence-electron chi connectivity index (χ2n) is 6.83. The van der Waals surface area contributed by atoms with Gasteiger partial charge in [-0.25, -0.2) is 14.2 Å². The number of nitrogens with zero attached hydrogens (tertiary/aromatic N) is 4. The maximum Gasteiger partial charge on any atom is 0.415 e. The van der Waals surface area contributed by atoms with Crippen LogP contribution in [0.1, 0.15) is 11.1 Å². The quantitative estimate of drug-likeness (QED) is 0.780. The molecule has 2 aliphatic heterocycles. The Morgan fingerprint density at radius 2 is 1.89 bits per heavy atom. The van der Waals surface area contributed by atoms with Crippen molar-refractivity contribution < 1.29 is 13.9 Å². The second-order valence-corrected chi connectivity index (χ2v) is 6.83. The van der Waals surface area contributed by atoms with Gasteiger partial charge in [-0.3, -0.25) is 9.80 Å². The highest BCUT2D eigenvalue weighted by atomic mass is 19.1. The average molecular weight is 386 g/mol. The predicted molar refractivity (Wildman–Crippen MR) is 103 cm³/mol. The summed E-state index contributed by atoms with van der Waals surface area (Å²) in [4.78, 5) is 23.3. The van der Waals surface area contributed by atoms with E-state index in [9.17, 15) is 9.18 Å². The molecule has 2 N–H and O–H groups in total. The van der Waals surface area contributed by atoms with Gasteiger partial charge in [0.2, 0.25) is 5.95 Å². The molecule has 2 aromatic rings. The minimum atomic E-state index is -0.651. The third-order valence-electron chi connectivity index (χ3n) is 4.83. The zero-order chi connectivity index (χ0) is 19.3. The summed E-state index contributed by atoms with van der Waals surface area (Å²) in [6.45, 7) is 6.17. The maximum absolute atomic E-state index is 14.0. The van der Waals surface area contributed by atoms with Crippen LogP contribution in [0, 0.1) is 5.82 Å². The molecule has 1 amide bonds. The Balaban J connectivity index is 1.35. The number of aromatic nitrogens is 2. The zero-order valence-electron chi connectivity index (χ0n) is 15.5. The molecule has 148 valence electrons. The average Bonchev–Trinajstić information content (AvgIpc) is 3.15. The van der Waals surface area contributed by atoms with Gasteiger partial charge in [0.15, 0.2) is 11.6 Å². The van der Waals surface area contributed by atoms with Crippen LogP contribution in [0.4, 0.5) is 21.0 Å². The lowest BCUT2D eigenvalue weighted by Gasteiger charge is -2.27. The van der Waals surface area contributed by atoms with E-state index in [4.69, 9.17) is 4.74 Å². The molecule has 3 heterocycles. The smallest absolute Gasteiger partial charge is 0.415 e. The van der Waals surface area contributed by atoms with E-state index >= 15 is 0 Å². The van der Waals surface area contributed by atoms with Crippen molar-refractivity contribution in [2.24, 2.45) is 0 Å². The monoisotopic (exact) mass is 386 g/mol. The van der Waals surface area contributed by atoms with Gasteiger partial charge in [-0.15, -0.1) is 0 Å². The molecule has 0 saturated carbocycles. The number of piperazine rings is 1. The molecule has 4 rings (SSSR count). The molecule has 28 heavy (non-hydrogen) atoms. The summed E-state index contributed by atoms with van der Waals surface area (Å²) in [5.41, 5.74) is 2.35. The van der Waals surface area contributed by atoms with Gasteiger partial charge in [-0.05, 0) is 11.1 Å². The Hall–Kier alpha value is -2.78. The normalized spacial score (nSPS) is 17.6. The van der Waals surface area contributed by atoms with Crippen LogP contribution < -0.4 is 15.5 Å². The van der Waals surface area contributed by atoms with Crippen LogP contribution in [-0.4, -0.2) is 60.3 Å². The van der Waals surface area contributed by atoms with Crippen LogP contribution in [0.25, 0.3) is 0 Å². The van der Waals surface area contributed by atoms with Gasteiger partial charge in [0.1, 0.15) is 6.61 Å². The number of ether oxygens (including phenoxy) is 1. The Labute approximate surface area is 162 Å². The molecule has 0 bridgehead atoms. The van der Waals surface area contributed by atoms with Crippen molar-refractivity contribution in [2.75, 3.05) is 49.5 Å². The number of cyclic esters (lactones) is 1. The fourth-order valence-corrected chi connectivity index (χ4v) is 3.29. The molecule has 2 aliphatic rings. The highest BCUT2D eigenvalue weighted by molar-refractivity contribution is 5.88. The molecular formula is C19H23FN6O2. The van der Waals surface area contributed by atoms with Crippen LogP contribution in [0.2, 0.25) is 0 Å². The Morgan fingerprint density at radius 1 is 1.14 bits per heavy atom. The number of nitrogens with one attached hydrogen (secondary N) is 2. The highest BCUT2D eigenvalue weighted by Crippen LogP contribution is 2.21. The fraction of sp³-hybridized carbons (Fsp3) is 0.421. The Morgan fingerprint density at radius 3 is 2.61 bits per heavy atom. The lowest BCUT2D eigenvalue weighted by Crippen LogP contribution is -2.42. The summed E-state index contributed by atoms with van der Waals surface area (Å²) in [6, 6.07) is 8.37. The summed E-state index contributed by atoms with van der Waals surface area (Å²) in [5.74, 6) is -0.450. The molecule has 9 heteroatoms. The standard InChI is InChI=1S/C19H23FN6O2/c20-16-12-23-18(24-17(16)26-9-10-28-19(26)27)22-11-14-1-3-15(4-2-14)13-25-7-5-21-6-8-25/h1-4,12,21H,5-11,13H2,(H,22,23,24). The molecule has 0 aliphatic carbocycles. The number of rotatable bonds is 6. The van der Waals surface area contributed by atoms with E-state index in [-0.39, 0.29) is 24.9 Å². The lowest BCUT2D eigenvalue weighted by molar-refractivity contribution is 0.181. The van der Waals surface area contributed by atoms with Gasteiger partial charge in [-0.1, -0.05) is 24.3 Å². The third kappa shape index (κ3) is 4.37. The van der Waals surface area contributed by atoms with Crippen LogP contribution >= 0.6 is 0 Å². The van der Waals surface area contributed by atoms with Gasteiger partial charge in [0.05, 0.1) is 12.7 Å². The molecule has 2 saturated heterocycles. The molecule has 0 atom stereocenters. The number of hydrogen-bond acceptors (Lipinski definition) is 7. The maximum atomic E-state index is 14.0. The molecule has 2 fully saturated rings. The number of halogens is 1. The third-order valence-corrected chi connectivity index (χ3v) is 4.83. The van der Waals surface area contributed by atoms with Gasteiger partial charge < -0.3 is 15.4 Å². The minimum Gasteiger partial charge on any atom is -0.447 e. The summed E-state index contributed by atoms with van der Waals surface area (Å²) in [7, 11) is 0. The molecule has 0 spiro atoms. The van der Waals surface area contributed by atoms with E-state index in [0.29, 0.717) is 6.54 Å². The van der Waals surface area contributed by atoms with Gasteiger partial charge >= 0.3 is 6.09 Å². The fourth-order valence-electron chi connectivity index (χ4n) is 3.29. The van der Waals surface area contributed by atoms with Crippen LogP contribution in [0.5, 0.6) is 0 Å². The molecule has 8 nitrogen and oxygen atoms in total. The van der Waals surface area contributed by atoms with Crippen molar-refractivity contribution >= 4 is 17.9 Å². The molecule has 0 unspecified atom stereocenters. The number of carbonyl (C=O) groups excluding carboxylic acids is 1. The minimum absolute atomic E-state index is 0.0635. The van der Waals surface area contributed by atoms with Crippen molar-refractivity contribution in [1.82, 2.24) is 20.2 Å². The SMILES string of the molecule is O=C1OCCN1c1nc(NCc2ccc(CN3CCNCC3)cc2)ncc1F. The summed E-state index contributed by atoms with van der Waals surface area (Å²) in [5, 5.41) is 6.44. The van der Waals surface area contributed by atoms with E-state index in [1.54, 1.807) is 0 Å². The van der Waals surface area contributed by atoms with Crippen LogP contribution in [0.3, 0.4) is 0 Å². The number of amides is 1. The summed E-state index contributed by atoms with van der Waals surface area (Å²) in [6.07, 6.45) is 0.468. The van der Waals surface area contributed by atoms with E-state index in [1.165, 1.54) is 10.5 Å². The van der Waals surface area contributed by atoms with E-state index in [0.717, 1.165) is 44.5 Å². The van der Waals surface area contributed by atoms with E-state index in [1.807, 2.05) is 0 Å². The van der Waals surface area contributed by atoms with Crippen molar-refractivity contribution in [1.29, 1.82) is 0 Å². The van der Waals surface area contributed by atoms with Crippen molar-refractivity contribution in [2.45, 2.75) is 13.1 Å². The molecule has 1 aromatic carbocycles. The topological polar surface area (TPSA) is 82.6 Å². The lowest BCUT2D eigenvalue weighted by atomic mass is 10.1. The number of benzene rings is 1. The number of carbonyl (C=O) groups is 1. The first-order chi connectivity index (χ1) is 13.7.